The molecule has 0 aromatic rings. The Kier molecular flexibility index (Phi) is 8.46. The van der Waals surface area contributed by atoms with Crippen LogP contribution in [0.25, 0.3) is 0 Å². The van der Waals surface area contributed by atoms with Gasteiger partial charge in [-0.05, 0) is 21.1 Å². The van der Waals surface area contributed by atoms with Crippen LogP contribution in [0.4, 0.5) is 0 Å². The second-order valence-corrected chi connectivity index (χ2v) is 1.34. The van der Waals surface area contributed by atoms with Crippen molar-refractivity contribution in [2.75, 3.05) is 21.1 Å². The third-order valence-corrected chi connectivity index (χ3v) is 0. The van der Waals surface area contributed by atoms with Gasteiger partial charge in [0.1, 0.15) is 0 Å². The molecule has 5 heavy (non-hydrogen) atoms. The molecule has 0 amide bonds. The van der Waals surface area contributed by atoms with Crippen LogP contribution in [0.2, 0.25) is 0 Å². The minimum absolute atomic E-state index is 0. The van der Waals surface area contributed by atoms with Crippen molar-refractivity contribution >= 4 is 0 Å². The maximum absolute atomic E-state index is 2.00. The Morgan fingerprint density at radius 1 is 1.00 bits per heavy atom. The molecule has 0 spiro atoms. The molecule has 0 unspecified atom stereocenters. The summed E-state index contributed by atoms with van der Waals surface area (Å²) < 4.78 is 0. The van der Waals surface area contributed by atoms with E-state index >= 15 is 0 Å². The fourth-order valence-electron chi connectivity index (χ4n) is 0. The van der Waals surface area contributed by atoms with E-state index in [4.69, 9.17) is 0 Å². The summed E-state index contributed by atoms with van der Waals surface area (Å²) in [5, 5.41) is 0. The minimum Gasteiger partial charge on any atom is -0.312 e. The van der Waals surface area contributed by atoms with Crippen molar-refractivity contribution in [1.29, 1.82) is 0 Å². The van der Waals surface area contributed by atoms with Gasteiger partial charge in [0.25, 0.3) is 0 Å². The summed E-state index contributed by atoms with van der Waals surface area (Å²) in [6.07, 6.45) is 0. The number of hydrogen-bond donors (Lipinski definition) is 0. The zero-order valence-electron chi connectivity index (χ0n) is 3.76. The monoisotopic (exact) mass is 165 g/mol. The third-order valence-electron chi connectivity index (χ3n) is 0. The van der Waals surface area contributed by atoms with Crippen LogP contribution in [0.3, 0.4) is 0 Å². The van der Waals surface area contributed by atoms with Crippen molar-refractivity contribution in [3.05, 3.63) is 0 Å². The van der Waals surface area contributed by atoms with Crippen molar-refractivity contribution in [1.82, 2.24) is 4.90 Å². The zero-order chi connectivity index (χ0) is 3.58. The molecule has 0 radical (unpaired) electrons. The Hall–Kier alpha value is 0.622. The van der Waals surface area contributed by atoms with Gasteiger partial charge in [0, 0.05) is 20.4 Å². The molecule has 2 heteroatoms. The molecule has 0 fully saturated rings. The van der Waals surface area contributed by atoms with E-state index in [0.29, 0.717) is 0 Å². The van der Waals surface area contributed by atoms with E-state index in [9.17, 15) is 0 Å². The van der Waals surface area contributed by atoms with E-state index in [0.717, 1.165) is 0 Å². The van der Waals surface area contributed by atoms with Gasteiger partial charge in [-0.1, -0.05) is 0 Å². The summed E-state index contributed by atoms with van der Waals surface area (Å²) in [6, 6.07) is 0. The van der Waals surface area contributed by atoms with Crippen molar-refractivity contribution < 1.29 is 20.4 Å². The maximum Gasteiger partial charge on any atom is 0 e. The summed E-state index contributed by atoms with van der Waals surface area (Å²) in [6.45, 7) is 0. The van der Waals surface area contributed by atoms with Crippen LogP contribution < -0.4 is 0 Å². The molecular formula is C3H9NPd. The summed E-state index contributed by atoms with van der Waals surface area (Å²) in [5.74, 6) is 0. The summed E-state index contributed by atoms with van der Waals surface area (Å²) >= 11 is 0. The second kappa shape index (κ2) is 4.62. The molecule has 0 saturated carbocycles. The normalized spacial score (nSPS) is 7.20. The van der Waals surface area contributed by atoms with Crippen LogP contribution in [0.1, 0.15) is 0 Å². The topological polar surface area (TPSA) is 3.24 Å². The maximum atomic E-state index is 2.00. The van der Waals surface area contributed by atoms with Crippen LogP contribution in [0, 0.1) is 0 Å². The Morgan fingerprint density at radius 2 is 1.00 bits per heavy atom. The molecule has 0 atom stereocenters. The Balaban J connectivity index is 0. The van der Waals surface area contributed by atoms with Crippen LogP contribution in [-0.2, 0) is 20.4 Å². The number of nitrogens with zero attached hydrogens (tertiary/aromatic N) is 1. The molecular weight excluding hydrogens is 156 g/mol. The zero-order valence-corrected chi connectivity index (χ0v) is 5.32. The van der Waals surface area contributed by atoms with E-state index in [1.54, 1.807) is 0 Å². The van der Waals surface area contributed by atoms with Gasteiger partial charge in [-0.25, -0.2) is 0 Å². The Labute approximate surface area is 47.0 Å². The Morgan fingerprint density at radius 3 is 1.00 bits per heavy atom. The average Bonchev–Trinajstić information content (AvgIpc) is 0.811. The first-order valence-corrected chi connectivity index (χ1v) is 1.34. The fraction of sp³-hybridized carbons (Fsp3) is 1.00. The number of rotatable bonds is 0. The molecule has 0 heterocycles. The molecule has 0 saturated heterocycles. The molecule has 0 aromatic carbocycles. The molecule has 36 valence electrons. The first kappa shape index (κ1) is 9.16. The molecule has 0 aliphatic heterocycles. The van der Waals surface area contributed by atoms with E-state index in [1.165, 1.54) is 0 Å². The van der Waals surface area contributed by atoms with Crippen molar-refractivity contribution in [3.8, 4) is 0 Å². The molecule has 0 aromatic heterocycles. The predicted molar refractivity (Wildman–Crippen MR) is 19.6 cm³/mol. The van der Waals surface area contributed by atoms with Gasteiger partial charge in [0.2, 0.25) is 0 Å². The fourth-order valence-corrected chi connectivity index (χ4v) is 0. The first-order chi connectivity index (χ1) is 1.73. The first-order valence-electron chi connectivity index (χ1n) is 1.34. The van der Waals surface area contributed by atoms with Gasteiger partial charge in [-0.15, -0.1) is 0 Å². The van der Waals surface area contributed by atoms with Gasteiger partial charge in [0.15, 0.2) is 0 Å². The standard InChI is InChI=1S/C3H9N.Pd/c1-4(2)3;/h1-3H3;. The van der Waals surface area contributed by atoms with Gasteiger partial charge >= 0.3 is 0 Å². The molecule has 1 nitrogen and oxygen atoms in total. The Bertz CT molecular complexity index is 11.6. The predicted octanol–water partition coefficient (Wildman–Crippen LogP) is 0.175. The van der Waals surface area contributed by atoms with Crippen LogP contribution >= 0.6 is 0 Å². The van der Waals surface area contributed by atoms with Crippen molar-refractivity contribution in [2.45, 2.75) is 0 Å². The van der Waals surface area contributed by atoms with Gasteiger partial charge < -0.3 is 4.90 Å². The quantitative estimate of drug-likeness (QED) is 0.463. The summed E-state index contributed by atoms with van der Waals surface area (Å²) in [7, 11) is 6.00. The van der Waals surface area contributed by atoms with Crippen LogP contribution in [0.15, 0.2) is 0 Å². The van der Waals surface area contributed by atoms with Gasteiger partial charge in [0.05, 0.1) is 0 Å². The smallest absolute Gasteiger partial charge is 0 e. The second-order valence-electron chi connectivity index (χ2n) is 1.34. The van der Waals surface area contributed by atoms with Gasteiger partial charge in [-0.3, -0.25) is 0 Å². The van der Waals surface area contributed by atoms with E-state index in [1.807, 2.05) is 26.0 Å². The third kappa shape index (κ3) is 82.1. The molecule has 0 aliphatic carbocycles. The molecule has 0 bridgehead atoms. The van der Waals surface area contributed by atoms with Crippen LogP contribution in [-0.4, -0.2) is 26.0 Å². The van der Waals surface area contributed by atoms with E-state index < -0.39 is 0 Å². The molecule has 0 rings (SSSR count). The van der Waals surface area contributed by atoms with Crippen molar-refractivity contribution in [2.24, 2.45) is 0 Å². The summed E-state index contributed by atoms with van der Waals surface area (Å²) in [5.41, 5.74) is 0. The van der Waals surface area contributed by atoms with E-state index in [2.05, 4.69) is 0 Å². The minimum atomic E-state index is 0. The molecule has 0 N–H and O–H groups in total. The largest absolute Gasteiger partial charge is 0.312 e. The summed E-state index contributed by atoms with van der Waals surface area (Å²) in [4.78, 5) is 2.00. The van der Waals surface area contributed by atoms with E-state index in [-0.39, 0.29) is 20.4 Å². The number of hydrogen-bond acceptors (Lipinski definition) is 1. The van der Waals surface area contributed by atoms with Crippen LogP contribution in [0.5, 0.6) is 0 Å². The average molecular weight is 166 g/mol. The van der Waals surface area contributed by atoms with Gasteiger partial charge in [-0.2, -0.15) is 0 Å². The molecule has 0 aliphatic rings. The van der Waals surface area contributed by atoms with Crippen molar-refractivity contribution in [3.63, 3.8) is 0 Å². The SMILES string of the molecule is CN(C)C.[Pd].